The van der Waals surface area contributed by atoms with Gasteiger partial charge in [-0.2, -0.15) is 0 Å². The van der Waals surface area contributed by atoms with Crippen molar-refractivity contribution in [2.45, 2.75) is 51.0 Å². The molecule has 1 N–H and O–H groups in total. The second-order valence-electron chi connectivity index (χ2n) is 6.14. The molecule has 1 aromatic heterocycles. The molecule has 21 heavy (non-hydrogen) atoms. The SMILES string of the molecule is O=c1[nH]c(Cl)c(C2CCCC2)c(=O)n1CCN1CCCC1. The molecular weight excluding hydrogens is 290 g/mol. The van der Waals surface area contributed by atoms with Gasteiger partial charge in [0.1, 0.15) is 5.15 Å². The Morgan fingerprint density at radius 1 is 1.05 bits per heavy atom. The monoisotopic (exact) mass is 311 g/mol. The van der Waals surface area contributed by atoms with E-state index >= 15 is 0 Å². The van der Waals surface area contributed by atoms with E-state index in [2.05, 4.69) is 9.88 Å². The minimum absolute atomic E-state index is 0.185. The average molecular weight is 312 g/mol. The topological polar surface area (TPSA) is 58.1 Å². The van der Waals surface area contributed by atoms with Gasteiger partial charge < -0.3 is 4.90 Å². The Labute approximate surface area is 128 Å². The van der Waals surface area contributed by atoms with Gasteiger partial charge in [-0.15, -0.1) is 0 Å². The highest BCUT2D eigenvalue weighted by Gasteiger charge is 2.25. The molecule has 0 bridgehead atoms. The minimum Gasteiger partial charge on any atom is -0.302 e. The molecule has 0 aromatic carbocycles. The van der Waals surface area contributed by atoms with Crippen LogP contribution in [0.4, 0.5) is 0 Å². The second kappa shape index (κ2) is 6.36. The molecule has 5 nitrogen and oxygen atoms in total. The quantitative estimate of drug-likeness (QED) is 0.865. The highest BCUT2D eigenvalue weighted by Crippen LogP contribution is 2.34. The van der Waals surface area contributed by atoms with Crippen molar-refractivity contribution in [1.82, 2.24) is 14.5 Å². The molecule has 3 rings (SSSR count). The zero-order chi connectivity index (χ0) is 14.8. The molecule has 1 saturated carbocycles. The summed E-state index contributed by atoms with van der Waals surface area (Å²) < 4.78 is 1.33. The van der Waals surface area contributed by atoms with Crippen molar-refractivity contribution in [1.29, 1.82) is 0 Å². The molecule has 0 amide bonds. The fourth-order valence-corrected chi connectivity index (χ4v) is 3.90. The van der Waals surface area contributed by atoms with Gasteiger partial charge in [0.25, 0.3) is 5.56 Å². The third kappa shape index (κ3) is 3.09. The van der Waals surface area contributed by atoms with Crippen LogP contribution in [0.25, 0.3) is 0 Å². The molecular formula is C15H22ClN3O2. The standard InChI is InChI=1S/C15H22ClN3O2/c16-13-12(11-5-1-2-6-11)14(20)19(15(21)17-13)10-9-18-7-3-4-8-18/h11H,1-10H2,(H,17,21). The van der Waals surface area contributed by atoms with E-state index in [0.717, 1.165) is 45.3 Å². The van der Waals surface area contributed by atoms with E-state index in [1.807, 2.05) is 0 Å². The van der Waals surface area contributed by atoms with Crippen molar-refractivity contribution >= 4 is 11.6 Å². The lowest BCUT2D eigenvalue weighted by Crippen LogP contribution is -2.40. The normalized spacial score (nSPS) is 20.4. The van der Waals surface area contributed by atoms with Crippen LogP contribution < -0.4 is 11.2 Å². The average Bonchev–Trinajstić information content (AvgIpc) is 3.10. The molecule has 2 aliphatic rings. The Kier molecular flexibility index (Phi) is 4.50. The largest absolute Gasteiger partial charge is 0.329 e. The first kappa shape index (κ1) is 14.9. The molecule has 0 spiro atoms. The van der Waals surface area contributed by atoms with Gasteiger partial charge >= 0.3 is 5.69 Å². The van der Waals surface area contributed by atoms with Gasteiger partial charge in [-0.1, -0.05) is 24.4 Å². The summed E-state index contributed by atoms with van der Waals surface area (Å²) in [4.78, 5) is 29.6. The van der Waals surface area contributed by atoms with Gasteiger partial charge in [-0.05, 0) is 44.7 Å². The highest BCUT2D eigenvalue weighted by atomic mass is 35.5. The van der Waals surface area contributed by atoms with E-state index in [1.165, 1.54) is 17.4 Å². The molecule has 2 fully saturated rings. The molecule has 0 unspecified atom stereocenters. The van der Waals surface area contributed by atoms with Gasteiger partial charge in [0.05, 0.1) is 5.56 Å². The van der Waals surface area contributed by atoms with E-state index in [-0.39, 0.29) is 22.3 Å². The van der Waals surface area contributed by atoms with Gasteiger partial charge in [-0.25, -0.2) is 4.79 Å². The number of likely N-dealkylation sites (tertiary alicyclic amines) is 1. The van der Waals surface area contributed by atoms with Crippen LogP contribution >= 0.6 is 11.6 Å². The number of H-pyrrole nitrogens is 1. The van der Waals surface area contributed by atoms with Crippen molar-refractivity contribution in [2.75, 3.05) is 19.6 Å². The van der Waals surface area contributed by atoms with Crippen LogP contribution in [0.1, 0.15) is 50.0 Å². The van der Waals surface area contributed by atoms with Crippen molar-refractivity contribution in [3.8, 4) is 0 Å². The number of nitrogens with one attached hydrogen (secondary N) is 1. The third-order valence-corrected chi connectivity index (χ3v) is 5.07. The van der Waals surface area contributed by atoms with Gasteiger partial charge in [0.2, 0.25) is 0 Å². The smallest absolute Gasteiger partial charge is 0.302 e. The molecule has 1 aromatic rings. The van der Waals surface area contributed by atoms with Crippen LogP contribution in [0.5, 0.6) is 0 Å². The maximum atomic E-state index is 12.6. The van der Waals surface area contributed by atoms with Crippen LogP contribution in [0.2, 0.25) is 5.15 Å². The number of hydrogen-bond acceptors (Lipinski definition) is 3. The third-order valence-electron chi connectivity index (χ3n) is 4.78. The Bertz CT molecular complexity index is 610. The molecule has 1 saturated heterocycles. The maximum absolute atomic E-state index is 12.6. The van der Waals surface area contributed by atoms with E-state index in [4.69, 9.17) is 11.6 Å². The fraction of sp³-hybridized carbons (Fsp3) is 0.733. The summed E-state index contributed by atoms with van der Waals surface area (Å²) in [7, 11) is 0. The van der Waals surface area contributed by atoms with Crippen molar-refractivity contribution in [2.24, 2.45) is 0 Å². The Hall–Kier alpha value is -1.07. The van der Waals surface area contributed by atoms with E-state index < -0.39 is 0 Å². The number of hydrogen-bond donors (Lipinski definition) is 1. The summed E-state index contributed by atoms with van der Waals surface area (Å²) in [6.07, 6.45) is 6.67. The lowest BCUT2D eigenvalue weighted by Gasteiger charge is -2.17. The van der Waals surface area contributed by atoms with E-state index in [0.29, 0.717) is 12.1 Å². The fourth-order valence-electron chi connectivity index (χ4n) is 3.58. The number of aromatic amines is 1. The Morgan fingerprint density at radius 2 is 1.71 bits per heavy atom. The summed E-state index contributed by atoms with van der Waals surface area (Å²) in [6.45, 7) is 3.34. The lowest BCUT2D eigenvalue weighted by molar-refractivity contribution is 0.317. The summed E-state index contributed by atoms with van der Waals surface area (Å²) in [5, 5.41) is 0.245. The number of rotatable bonds is 4. The number of halogens is 1. The van der Waals surface area contributed by atoms with Gasteiger partial charge in [-0.3, -0.25) is 14.3 Å². The summed E-state index contributed by atoms with van der Waals surface area (Å²) in [5.74, 6) is 0.208. The molecule has 6 heteroatoms. The van der Waals surface area contributed by atoms with E-state index in [9.17, 15) is 9.59 Å². The van der Waals surface area contributed by atoms with Gasteiger partial charge in [0, 0.05) is 13.1 Å². The number of nitrogens with zero attached hydrogens (tertiary/aromatic N) is 2. The van der Waals surface area contributed by atoms with Crippen LogP contribution in [-0.4, -0.2) is 34.1 Å². The molecule has 1 aliphatic heterocycles. The minimum atomic E-state index is -0.383. The predicted molar refractivity (Wildman–Crippen MR) is 83.2 cm³/mol. The lowest BCUT2D eigenvalue weighted by atomic mass is 10.0. The summed E-state index contributed by atoms with van der Waals surface area (Å²) in [5.41, 5.74) is 0.0518. The second-order valence-corrected chi connectivity index (χ2v) is 6.52. The van der Waals surface area contributed by atoms with Crippen LogP contribution in [0, 0.1) is 0 Å². The first-order valence-corrected chi connectivity index (χ1v) is 8.29. The maximum Gasteiger partial charge on any atom is 0.329 e. The first-order valence-electron chi connectivity index (χ1n) is 7.91. The predicted octanol–water partition coefficient (Wildman–Crippen LogP) is 1.94. The first-order chi connectivity index (χ1) is 10.2. The molecule has 2 heterocycles. The Morgan fingerprint density at radius 3 is 2.38 bits per heavy atom. The number of aromatic nitrogens is 2. The van der Waals surface area contributed by atoms with Gasteiger partial charge in [0.15, 0.2) is 0 Å². The van der Waals surface area contributed by atoms with Crippen LogP contribution in [0.3, 0.4) is 0 Å². The highest BCUT2D eigenvalue weighted by molar-refractivity contribution is 6.30. The van der Waals surface area contributed by atoms with Crippen LogP contribution in [0.15, 0.2) is 9.59 Å². The zero-order valence-electron chi connectivity index (χ0n) is 12.2. The molecule has 0 radical (unpaired) electrons. The van der Waals surface area contributed by atoms with Crippen molar-refractivity contribution in [3.63, 3.8) is 0 Å². The summed E-state index contributed by atoms with van der Waals surface area (Å²) >= 11 is 6.13. The zero-order valence-corrected chi connectivity index (χ0v) is 13.0. The Balaban J connectivity index is 1.86. The summed E-state index contributed by atoms with van der Waals surface area (Å²) in [6, 6.07) is 0. The van der Waals surface area contributed by atoms with E-state index in [1.54, 1.807) is 0 Å². The van der Waals surface area contributed by atoms with Crippen molar-refractivity contribution in [3.05, 3.63) is 31.6 Å². The van der Waals surface area contributed by atoms with Crippen molar-refractivity contribution < 1.29 is 0 Å². The molecule has 1 aliphatic carbocycles. The molecule has 0 atom stereocenters. The van der Waals surface area contributed by atoms with Crippen LogP contribution in [-0.2, 0) is 6.54 Å². The molecule has 116 valence electrons.